The first-order valence-corrected chi connectivity index (χ1v) is 13.7. The molecular weight excluding hydrogens is 514 g/mol. The number of nitrogens with two attached hydrogens (primary N) is 2. The smallest absolute Gasteiger partial charge is 0.251 e. The third-order valence-electron chi connectivity index (χ3n) is 6.89. The standard InChI is InChI=1S/C32H37N7O2/c1-22(26-12-7-10-24-9-3-4-11-27(24)26)37-31(41)28(13-8-20-36-32(33)34)38-30(40)25-17-15-23(16-18-25)21-39(2)29-14-5-6-19-35-29/h3-7,9-12,14-19,22,28H,8,13,20-21H2,1-2H3,(H,37,41)(H,38,40)(H4,33,34,36). The first kappa shape index (κ1) is 29.1. The SMILES string of the molecule is CC(NC(=O)C(CCCN=C(N)N)NC(=O)c1ccc(CN(C)c2ccccn2)cc1)c1cccc2ccccc12. The summed E-state index contributed by atoms with van der Waals surface area (Å²) in [5, 5.41) is 8.18. The van der Waals surface area contributed by atoms with E-state index in [4.69, 9.17) is 11.5 Å². The number of nitrogens with one attached hydrogen (secondary N) is 2. The molecule has 6 N–H and O–H groups in total. The van der Waals surface area contributed by atoms with E-state index in [0.29, 0.717) is 31.5 Å². The van der Waals surface area contributed by atoms with Gasteiger partial charge < -0.3 is 27.0 Å². The van der Waals surface area contributed by atoms with Gasteiger partial charge in [-0.1, -0.05) is 60.7 Å². The van der Waals surface area contributed by atoms with Crippen LogP contribution < -0.4 is 27.0 Å². The summed E-state index contributed by atoms with van der Waals surface area (Å²) in [6.07, 6.45) is 2.66. The highest BCUT2D eigenvalue weighted by atomic mass is 16.2. The minimum atomic E-state index is -0.760. The van der Waals surface area contributed by atoms with Crippen molar-refractivity contribution in [2.24, 2.45) is 16.5 Å². The Labute approximate surface area is 240 Å². The van der Waals surface area contributed by atoms with Crippen LogP contribution in [-0.2, 0) is 11.3 Å². The zero-order valence-electron chi connectivity index (χ0n) is 23.5. The van der Waals surface area contributed by atoms with Gasteiger partial charge in [0.1, 0.15) is 11.9 Å². The van der Waals surface area contributed by atoms with Crippen LogP contribution in [0.3, 0.4) is 0 Å². The Kier molecular flexibility index (Phi) is 9.88. The van der Waals surface area contributed by atoms with E-state index < -0.39 is 6.04 Å². The molecule has 0 saturated carbocycles. The lowest BCUT2D eigenvalue weighted by atomic mass is 9.99. The number of carbonyl (C=O) groups is 2. The van der Waals surface area contributed by atoms with Crippen LogP contribution in [0.4, 0.5) is 5.82 Å². The molecule has 0 aliphatic heterocycles. The van der Waals surface area contributed by atoms with Crippen molar-refractivity contribution < 1.29 is 9.59 Å². The lowest BCUT2D eigenvalue weighted by Gasteiger charge is -2.22. The molecule has 0 spiro atoms. The van der Waals surface area contributed by atoms with Crippen molar-refractivity contribution in [2.75, 3.05) is 18.5 Å². The first-order chi connectivity index (χ1) is 19.8. The number of rotatable bonds is 12. The van der Waals surface area contributed by atoms with E-state index in [1.165, 1.54) is 0 Å². The molecule has 2 unspecified atom stereocenters. The van der Waals surface area contributed by atoms with Gasteiger partial charge in [0, 0.05) is 31.9 Å². The van der Waals surface area contributed by atoms with Crippen molar-refractivity contribution in [3.8, 4) is 0 Å². The Hall–Kier alpha value is -4.92. The number of guanidine groups is 1. The fourth-order valence-corrected chi connectivity index (χ4v) is 4.73. The average Bonchev–Trinajstić information content (AvgIpc) is 2.98. The molecule has 2 amide bonds. The molecule has 0 radical (unpaired) electrons. The number of amides is 2. The lowest BCUT2D eigenvalue weighted by molar-refractivity contribution is -0.123. The van der Waals surface area contributed by atoms with Gasteiger partial charge in [-0.3, -0.25) is 14.6 Å². The van der Waals surface area contributed by atoms with Gasteiger partial charge in [-0.05, 0) is 65.9 Å². The van der Waals surface area contributed by atoms with Gasteiger partial charge in [-0.15, -0.1) is 0 Å². The Morgan fingerprint density at radius 2 is 1.66 bits per heavy atom. The van der Waals surface area contributed by atoms with Crippen LogP contribution >= 0.6 is 0 Å². The number of aromatic nitrogens is 1. The van der Waals surface area contributed by atoms with Crippen molar-refractivity contribution in [1.82, 2.24) is 15.6 Å². The summed E-state index contributed by atoms with van der Waals surface area (Å²) in [5.41, 5.74) is 13.4. The zero-order valence-corrected chi connectivity index (χ0v) is 23.5. The number of aliphatic imine (C=N–C) groups is 1. The monoisotopic (exact) mass is 551 g/mol. The zero-order chi connectivity index (χ0) is 29.2. The molecule has 1 aromatic heterocycles. The number of hydrogen-bond acceptors (Lipinski definition) is 5. The maximum Gasteiger partial charge on any atom is 0.251 e. The van der Waals surface area contributed by atoms with Gasteiger partial charge in [0.15, 0.2) is 5.96 Å². The molecule has 1 heterocycles. The Morgan fingerprint density at radius 1 is 0.927 bits per heavy atom. The van der Waals surface area contributed by atoms with Crippen molar-refractivity contribution in [3.63, 3.8) is 0 Å². The Bertz CT molecular complexity index is 1480. The Morgan fingerprint density at radius 3 is 2.39 bits per heavy atom. The largest absolute Gasteiger partial charge is 0.370 e. The second kappa shape index (κ2) is 13.9. The van der Waals surface area contributed by atoms with E-state index in [-0.39, 0.29) is 23.8 Å². The normalized spacial score (nSPS) is 12.2. The van der Waals surface area contributed by atoms with Crippen LogP contribution in [0.2, 0.25) is 0 Å². The molecule has 0 saturated heterocycles. The van der Waals surface area contributed by atoms with Crippen molar-refractivity contribution in [2.45, 2.75) is 38.4 Å². The molecule has 0 aliphatic rings. The fraction of sp³-hybridized carbons (Fsp3) is 0.250. The van der Waals surface area contributed by atoms with Gasteiger partial charge in [0.2, 0.25) is 5.91 Å². The van der Waals surface area contributed by atoms with Crippen molar-refractivity contribution in [1.29, 1.82) is 0 Å². The van der Waals surface area contributed by atoms with Gasteiger partial charge in [-0.2, -0.15) is 0 Å². The molecular formula is C32H37N7O2. The number of hydrogen-bond donors (Lipinski definition) is 4. The maximum absolute atomic E-state index is 13.4. The van der Waals surface area contributed by atoms with Gasteiger partial charge in [0.25, 0.3) is 5.91 Å². The fourth-order valence-electron chi connectivity index (χ4n) is 4.73. The number of benzene rings is 3. The highest BCUT2D eigenvalue weighted by Gasteiger charge is 2.23. The summed E-state index contributed by atoms with van der Waals surface area (Å²) in [7, 11) is 1.97. The van der Waals surface area contributed by atoms with E-state index in [1.54, 1.807) is 18.3 Å². The molecule has 0 aliphatic carbocycles. The van der Waals surface area contributed by atoms with Gasteiger partial charge in [0.05, 0.1) is 6.04 Å². The summed E-state index contributed by atoms with van der Waals surface area (Å²) in [5.74, 6) is 0.265. The minimum Gasteiger partial charge on any atom is -0.370 e. The summed E-state index contributed by atoms with van der Waals surface area (Å²) >= 11 is 0. The lowest BCUT2D eigenvalue weighted by Crippen LogP contribution is -2.47. The van der Waals surface area contributed by atoms with Crippen LogP contribution in [0, 0.1) is 0 Å². The predicted molar refractivity (Wildman–Crippen MR) is 164 cm³/mol. The quantitative estimate of drug-likeness (QED) is 0.120. The van der Waals surface area contributed by atoms with Crippen molar-refractivity contribution in [3.05, 3.63) is 108 Å². The number of fused-ring (bicyclic) bond motifs is 1. The molecule has 0 bridgehead atoms. The van der Waals surface area contributed by atoms with E-state index in [1.807, 2.05) is 91.7 Å². The molecule has 9 heteroatoms. The van der Waals surface area contributed by atoms with Crippen LogP contribution in [-0.4, -0.2) is 42.4 Å². The molecule has 4 aromatic rings. The van der Waals surface area contributed by atoms with E-state index >= 15 is 0 Å². The molecule has 4 rings (SSSR count). The summed E-state index contributed by atoms with van der Waals surface area (Å²) in [6.45, 7) is 2.94. The third kappa shape index (κ3) is 8.04. The van der Waals surface area contributed by atoms with Crippen molar-refractivity contribution >= 4 is 34.4 Å². The molecule has 0 fully saturated rings. The second-order valence-electron chi connectivity index (χ2n) is 10.0. The molecule has 2 atom stereocenters. The second-order valence-corrected chi connectivity index (χ2v) is 10.0. The summed E-state index contributed by atoms with van der Waals surface area (Å²) < 4.78 is 0. The van der Waals surface area contributed by atoms with Gasteiger partial charge >= 0.3 is 0 Å². The molecule has 9 nitrogen and oxygen atoms in total. The number of nitrogens with zero attached hydrogens (tertiary/aromatic N) is 3. The number of pyridine rings is 1. The third-order valence-corrected chi connectivity index (χ3v) is 6.89. The van der Waals surface area contributed by atoms with E-state index in [0.717, 1.165) is 27.7 Å². The summed E-state index contributed by atoms with van der Waals surface area (Å²) in [4.78, 5) is 37.1. The Balaban J connectivity index is 1.43. The molecule has 212 valence electrons. The van der Waals surface area contributed by atoms with Gasteiger partial charge in [-0.25, -0.2) is 4.98 Å². The molecule has 41 heavy (non-hydrogen) atoms. The van der Waals surface area contributed by atoms with E-state index in [9.17, 15) is 9.59 Å². The van der Waals surface area contributed by atoms with E-state index in [2.05, 4.69) is 20.6 Å². The molecule has 3 aromatic carbocycles. The highest BCUT2D eigenvalue weighted by Crippen LogP contribution is 2.24. The highest BCUT2D eigenvalue weighted by molar-refractivity contribution is 5.97. The topological polar surface area (TPSA) is 139 Å². The van der Waals surface area contributed by atoms with Crippen LogP contribution in [0.25, 0.3) is 10.8 Å². The number of carbonyl (C=O) groups excluding carboxylic acids is 2. The number of anilines is 1. The first-order valence-electron chi connectivity index (χ1n) is 13.7. The van der Waals surface area contributed by atoms with Crippen LogP contribution in [0.5, 0.6) is 0 Å². The minimum absolute atomic E-state index is 0.00612. The average molecular weight is 552 g/mol. The van der Waals surface area contributed by atoms with Crippen LogP contribution in [0.15, 0.2) is 96.1 Å². The summed E-state index contributed by atoms with van der Waals surface area (Å²) in [6, 6.07) is 26.2. The predicted octanol–water partition coefficient (Wildman–Crippen LogP) is 3.90. The van der Waals surface area contributed by atoms with Crippen LogP contribution in [0.1, 0.15) is 47.3 Å². The maximum atomic E-state index is 13.4.